The van der Waals surface area contributed by atoms with E-state index in [2.05, 4.69) is 11.9 Å². The molecule has 0 aliphatic rings. The summed E-state index contributed by atoms with van der Waals surface area (Å²) < 4.78 is 10.8. The van der Waals surface area contributed by atoms with Gasteiger partial charge in [-0.05, 0) is 44.1 Å². The van der Waals surface area contributed by atoms with Gasteiger partial charge in [-0.3, -0.25) is 14.5 Å². The molecule has 0 saturated carbocycles. The van der Waals surface area contributed by atoms with E-state index in [0.29, 0.717) is 34.9 Å². The minimum absolute atomic E-state index is 0.0565. The van der Waals surface area contributed by atoms with E-state index in [0.717, 1.165) is 12.8 Å². The molecule has 1 unspecified atom stereocenters. The normalized spacial score (nSPS) is 11.6. The number of carbonyl (C=O) groups excluding carboxylic acids is 2. The maximum absolute atomic E-state index is 12.9. The summed E-state index contributed by atoms with van der Waals surface area (Å²) in [6.45, 7) is 6.48. The predicted octanol–water partition coefficient (Wildman–Crippen LogP) is 4.63. The lowest BCUT2D eigenvalue weighted by Crippen LogP contribution is -2.33. The van der Waals surface area contributed by atoms with E-state index in [1.54, 1.807) is 23.1 Å². The van der Waals surface area contributed by atoms with E-state index >= 15 is 0 Å². The number of anilines is 1. The molecule has 1 aromatic heterocycles. The van der Waals surface area contributed by atoms with E-state index in [9.17, 15) is 9.59 Å². The van der Waals surface area contributed by atoms with Crippen LogP contribution < -0.4 is 4.90 Å². The zero-order valence-electron chi connectivity index (χ0n) is 16.5. The highest BCUT2D eigenvalue weighted by molar-refractivity contribution is 8.23. The molecular formula is C19H27ClN2O4S2. The van der Waals surface area contributed by atoms with Crippen LogP contribution in [0.5, 0.6) is 0 Å². The SMILES string of the molecule is CCCCN(C(=O)CCC(COC(C)=O)SC(=S)OCC)c1cccc(Cl)n1. The van der Waals surface area contributed by atoms with Crippen molar-refractivity contribution in [3.8, 4) is 0 Å². The number of thioether (sulfide) groups is 1. The third-order valence-corrected chi connectivity index (χ3v) is 5.32. The molecule has 6 nitrogen and oxygen atoms in total. The van der Waals surface area contributed by atoms with Gasteiger partial charge in [0.25, 0.3) is 0 Å². The summed E-state index contributed by atoms with van der Waals surface area (Å²) in [4.78, 5) is 29.9. The number of amides is 1. The number of nitrogens with zero attached hydrogens (tertiary/aromatic N) is 2. The van der Waals surface area contributed by atoms with Gasteiger partial charge in [0.2, 0.25) is 10.3 Å². The zero-order valence-corrected chi connectivity index (χ0v) is 18.9. The first kappa shape index (κ1) is 24.7. The highest BCUT2D eigenvalue weighted by Gasteiger charge is 2.21. The van der Waals surface area contributed by atoms with Crippen LogP contribution in [0.25, 0.3) is 0 Å². The predicted molar refractivity (Wildman–Crippen MR) is 118 cm³/mol. The van der Waals surface area contributed by atoms with Gasteiger partial charge in [-0.1, -0.05) is 42.8 Å². The van der Waals surface area contributed by atoms with Gasteiger partial charge in [-0.25, -0.2) is 4.98 Å². The summed E-state index contributed by atoms with van der Waals surface area (Å²) in [6, 6.07) is 5.22. The van der Waals surface area contributed by atoms with Gasteiger partial charge in [-0.15, -0.1) is 0 Å². The number of halogens is 1. The highest BCUT2D eigenvalue weighted by Crippen LogP contribution is 2.22. The molecule has 1 heterocycles. The van der Waals surface area contributed by atoms with Crippen molar-refractivity contribution in [3.63, 3.8) is 0 Å². The van der Waals surface area contributed by atoms with E-state index in [1.165, 1.54) is 18.7 Å². The maximum atomic E-state index is 12.9. The summed E-state index contributed by atoms with van der Waals surface area (Å²) in [6.07, 6.45) is 2.58. The van der Waals surface area contributed by atoms with Crippen molar-refractivity contribution in [2.45, 2.75) is 51.7 Å². The fourth-order valence-corrected chi connectivity index (χ4v) is 3.84. The fraction of sp³-hybridized carbons (Fsp3) is 0.579. The van der Waals surface area contributed by atoms with Crippen LogP contribution in [-0.4, -0.2) is 46.3 Å². The number of hydrogen-bond donors (Lipinski definition) is 0. The third kappa shape index (κ3) is 9.71. The number of esters is 1. The molecule has 0 radical (unpaired) electrons. The van der Waals surface area contributed by atoms with Crippen molar-refractivity contribution in [2.75, 3.05) is 24.7 Å². The van der Waals surface area contributed by atoms with E-state index in [4.69, 9.17) is 33.3 Å². The first-order chi connectivity index (χ1) is 13.4. The number of pyridine rings is 1. The summed E-state index contributed by atoms with van der Waals surface area (Å²) in [5.41, 5.74) is 0. The van der Waals surface area contributed by atoms with Crippen LogP contribution in [0.1, 0.15) is 46.5 Å². The second kappa shape index (κ2) is 13.7. The van der Waals surface area contributed by atoms with Crippen LogP contribution in [-0.2, 0) is 19.1 Å². The quantitative estimate of drug-likeness (QED) is 0.278. The minimum atomic E-state index is -0.369. The molecule has 0 aliphatic heterocycles. The van der Waals surface area contributed by atoms with Gasteiger partial charge < -0.3 is 9.47 Å². The Labute approximate surface area is 181 Å². The molecule has 0 aromatic carbocycles. The molecule has 0 bridgehead atoms. The summed E-state index contributed by atoms with van der Waals surface area (Å²) in [5, 5.41) is 0.185. The second-order valence-electron chi connectivity index (χ2n) is 5.98. The largest absolute Gasteiger partial charge is 0.479 e. The van der Waals surface area contributed by atoms with Crippen LogP contribution in [0, 0.1) is 0 Å². The number of carbonyl (C=O) groups is 2. The summed E-state index contributed by atoms with van der Waals surface area (Å²) >= 11 is 12.5. The molecule has 1 rings (SSSR count). The number of hydrogen-bond acceptors (Lipinski definition) is 7. The summed E-state index contributed by atoms with van der Waals surface area (Å²) in [7, 11) is 0. The monoisotopic (exact) mass is 446 g/mol. The number of thiocarbonyl (C=S) groups is 1. The van der Waals surface area contributed by atoms with Gasteiger partial charge in [0, 0.05) is 25.1 Å². The van der Waals surface area contributed by atoms with Gasteiger partial charge in [0.15, 0.2) is 0 Å². The van der Waals surface area contributed by atoms with Crippen molar-refractivity contribution in [2.24, 2.45) is 0 Å². The third-order valence-electron chi connectivity index (χ3n) is 3.69. The van der Waals surface area contributed by atoms with Gasteiger partial charge in [-0.2, -0.15) is 0 Å². The Morgan fingerprint density at radius 1 is 1.32 bits per heavy atom. The number of ether oxygens (including phenoxy) is 2. The molecule has 1 aromatic rings. The molecule has 0 aliphatic carbocycles. The molecule has 0 saturated heterocycles. The molecule has 1 atom stereocenters. The topological polar surface area (TPSA) is 68.7 Å². The molecule has 1 amide bonds. The molecular weight excluding hydrogens is 420 g/mol. The van der Waals surface area contributed by atoms with E-state index < -0.39 is 0 Å². The molecule has 0 fully saturated rings. The molecule has 156 valence electrons. The van der Waals surface area contributed by atoms with E-state index in [-0.39, 0.29) is 30.2 Å². The first-order valence-electron chi connectivity index (χ1n) is 9.27. The Kier molecular flexibility index (Phi) is 12.1. The Hall–Kier alpha value is -1.38. The van der Waals surface area contributed by atoms with Gasteiger partial charge in [0.05, 0.1) is 6.61 Å². The Bertz CT molecular complexity index is 661. The van der Waals surface area contributed by atoms with Crippen LogP contribution in [0.3, 0.4) is 0 Å². The number of aromatic nitrogens is 1. The minimum Gasteiger partial charge on any atom is -0.479 e. The van der Waals surface area contributed by atoms with Crippen molar-refractivity contribution in [1.82, 2.24) is 4.98 Å². The Morgan fingerprint density at radius 2 is 2.07 bits per heavy atom. The average molecular weight is 447 g/mol. The Morgan fingerprint density at radius 3 is 2.68 bits per heavy atom. The smallest absolute Gasteiger partial charge is 0.302 e. The molecule has 0 N–H and O–H groups in total. The first-order valence-corrected chi connectivity index (χ1v) is 10.9. The highest BCUT2D eigenvalue weighted by atomic mass is 35.5. The standard InChI is InChI=1S/C19H27ClN2O4S2/c1-4-6-12-22(17-9-7-8-16(20)21-17)18(24)11-10-15(13-26-14(3)23)28-19(27)25-5-2/h7-9,15H,4-6,10-13H2,1-3H3. The molecule has 28 heavy (non-hydrogen) atoms. The van der Waals surface area contributed by atoms with Crippen LogP contribution in [0.4, 0.5) is 5.82 Å². The van der Waals surface area contributed by atoms with Gasteiger partial charge >= 0.3 is 5.97 Å². The maximum Gasteiger partial charge on any atom is 0.302 e. The zero-order chi connectivity index (χ0) is 20.9. The molecule has 9 heteroatoms. The van der Waals surface area contributed by atoms with Crippen molar-refractivity contribution >= 4 is 57.7 Å². The fourth-order valence-electron chi connectivity index (χ4n) is 2.33. The van der Waals surface area contributed by atoms with Gasteiger partial charge in [0.1, 0.15) is 17.6 Å². The Balaban J connectivity index is 2.78. The summed E-state index contributed by atoms with van der Waals surface area (Å²) in [5.74, 6) is 0.117. The van der Waals surface area contributed by atoms with Crippen molar-refractivity contribution in [1.29, 1.82) is 0 Å². The lowest BCUT2D eigenvalue weighted by Gasteiger charge is -2.23. The van der Waals surface area contributed by atoms with Crippen LogP contribution in [0.2, 0.25) is 5.15 Å². The van der Waals surface area contributed by atoms with Crippen molar-refractivity contribution < 1.29 is 19.1 Å². The molecule has 0 spiro atoms. The van der Waals surface area contributed by atoms with E-state index in [1.807, 2.05) is 6.92 Å². The lowest BCUT2D eigenvalue weighted by molar-refractivity contribution is -0.140. The second-order valence-corrected chi connectivity index (χ2v) is 8.27. The van der Waals surface area contributed by atoms with Crippen LogP contribution in [0.15, 0.2) is 18.2 Å². The average Bonchev–Trinajstić information content (AvgIpc) is 2.64. The number of rotatable bonds is 11. The number of unbranched alkanes of at least 4 members (excludes halogenated alkanes) is 1. The van der Waals surface area contributed by atoms with Crippen LogP contribution >= 0.6 is 35.6 Å². The lowest BCUT2D eigenvalue weighted by atomic mass is 10.2. The van der Waals surface area contributed by atoms with Crippen molar-refractivity contribution in [3.05, 3.63) is 23.4 Å².